The summed E-state index contributed by atoms with van der Waals surface area (Å²) >= 11 is 0. The van der Waals surface area contributed by atoms with Crippen molar-refractivity contribution in [1.29, 1.82) is 0 Å². The average Bonchev–Trinajstić information content (AvgIpc) is 2.86. The molecule has 0 saturated carbocycles. The Hall–Kier alpha value is -1.68. The van der Waals surface area contributed by atoms with Crippen molar-refractivity contribution in [3.63, 3.8) is 0 Å². The predicted octanol–water partition coefficient (Wildman–Crippen LogP) is 3.82. The maximum Gasteiger partial charge on any atom is 0.225 e. The van der Waals surface area contributed by atoms with Gasteiger partial charge in [0.1, 0.15) is 17.6 Å². The Morgan fingerprint density at radius 2 is 2.10 bits per heavy atom. The molecule has 4 heteroatoms. The van der Waals surface area contributed by atoms with Gasteiger partial charge in [-0.3, -0.25) is 0 Å². The molecule has 0 radical (unpaired) electrons. The summed E-state index contributed by atoms with van der Waals surface area (Å²) in [4.78, 5) is 4.30. The summed E-state index contributed by atoms with van der Waals surface area (Å²) in [6.45, 7) is 5.93. The Morgan fingerprint density at radius 3 is 2.81 bits per heavy atom. The largest absolute Gasteiger partial charge is 0.441 e. The first-order valence-corrected chi connectivity index (χ1v) is 7.51. The van der Waals surface area contributed by atoms with Crippen LogP contribution >= 0.6 is 0 Å². The highest BCUT2D eigenvalue weighted by Crippen LogP contribution is 2.25. The van der Waals surface area contributed by atoms with Gasteiger partial charge >= 0.3 is 0 Å². The van der Waals surface area contributed by atoms with Crippen LogP contribution in [0.4, 0.5) is 4.39 Å². The first-order valence-electron chi connectivity index (χ1n) is 7.51. The number of hydrogen-bond donors (Lipinski definition) is 1. The molecule has 1 aromatic carbocycles. The van der Waals surface area contributed by atoms with E-state index in [9.17, 15) is 9.50 Å². The van der Waals surface area contributed by atoms with Crippen molar-refractivity contribution in [1.82, 2.24) is 0 Å². The lowest BCUT2D eigenvalue weighted by Crippen LogP contribution is -2.23. The fraction of sp³-hybridized carbons (Fsp3) is 0.471. The highest BCUT2D eigenvalue weighted by atomic mass is 19.1. The van der Waals surface area contributed by atoms with E-state index in [1.807, 2.05) is 0 Å². The van der Waals surface area contributed by atoms with Crippen LogP contribution in [0.25, 0.3) is 0 Å². The molecule has 1 aliphatic rings. The second-order valence-electron chi connectivity index (χ2n) is 5.34. The van der Waals surface area contributed by atoms with Gasteiger partial charge in [0.15, 0.2) is 0 Å². The van der Waals surface area contributed by atoms with Crippen LogP contribution in [0.3, 0.4) is 0 Å². The quantitative estimate of drug-likeness (QED) is 0.776. The standard InChI is InChI=1S/C17H22FNO2/c1-3-4-5-6-11-15(20)16-12(2)21-17(19-16)13-9-7-8-10-14(13)18/h7-10,15-16,20H,2-6,11H2,1H3/t15-,16+/m1/s1. The topological polar surface area (TPSA) is 41.8 Å². The van der Waals surface area contributed by atoms with Crippen molar-refractivity contribution in [2.24, 2.45) is 4.99 Å². The number of benzene rings is 1. The van der Waals surface area contributed by atoms with Gasteiger partial charge in [-0.15, -0.1) is 0 Å². The molecule has 0 aliphatic carbocycles. The van der Waals surface area contributed by atoms with Crippen LogP contribution in [0.15, 0.2) is 41.6 Å². The average molecular weight is 291 g/mol. The molecule has 0 saturated heterocycles. The van der Waals surface area contributed by atoms with E-state index < -0.39 is 12.1 Å². The van der Waals surface area contributed by atoms with Crippen molar-refractivity contribution in [2.75, 3.05) is 0 Å². The highest BCUT2D eigenvalue weighted by molar-refractivity contribution is 5.96. The Labute approximate surface area is 125 Å². The summed E-state index contributed by atoms with van der Waals surface area (Å²) in [5.74, 6) is 0.203. The third-order valence-corrected chi connectivity index (χ3v) is 3.64. The van der Waals surface area contributed by atoms with Gasteiger partial charge in [-0.2, -0.15) is 0 Å². The molecule has 0 spiro atoms. The molecular formula is C17H22FNO2. The van der Waals surface area contributed by atoms with E-state index in [4.69, 9.17) is 4.74 Å². The number of nitrogens with zero attached hydrogens (tertiary/aromatic N) is 1. The smallest absolute Gasteiger partial charge is 0.225 e. The van der Waals surface area contributed by atoms with E-state index in [0.29, 0.717) is 17.7 Å². The van der Waals surface area contributed by atoms with E-state index in [1.165, 1.54) is 12.5 Å². The van der Waals surface area contributed by atoms with Crippen molar-refractivity contribution >= 4 is 5.90 Å². The fourth-order valence-corrected chi connectivity index (χ4v) is 2.41. The summed E-state index contributed by atoms with van der Waals surface area (Å²) in [6.07, 6.45) is 4.39. The van der Waals surface area contributed by atoms with Crippen molar-refractivity contribution in [3.8, 4) is 0 Å². The maximum absolute atomic E-state index is 13.7. The lowest BCUT2D eigenvalue weighted by molar-refractivity contribution is 0.137. The van der Waals surface area contributed by atoms with Gasteiger partial charge in [0.05, 0.1) is 11.7 Å². The number of aliphatic hydroxyl groups is 1. The van der Waals surface area contributed by atoms with Gasteiger partial charge in [-0.05, 0) is 18.6 Å². The van der Waals surface area contributed by atoms with Crippen molar-refractivity contribution in [2.45, 2.75) is 51.2 Å². The normalized spacial score (nSPS) is 19.3. The molecule has 2 atom stereocenters. The number of hydrogen-bond acceptors (Lipinski definition) is 3. The molecule has 0 amide bonds. The Kier molecular flexibility index (Phi) is 5.51. The number of halogens is 1. The van der Waals surface area contributed by atoms with Crippen LogP contribution in [0.5, 0.6) is 0 Å². The minimum atomic E-state index is -0.626. The third-order valence-electron chi connectivity index (χ3n) is 3.64. The Bertz CT molecular complexity index is 527. The molecule has 0 aromatic heterocycles. The Balaban J connectivity index is 2.01. The zero-order valence-electron chi connectivity index (χ0n) is 12.4. The van der Waals surface area contributed by atoms with Crippen LogP contribution < -0.4 is 0 Å². The fourth-order valence-electron chi connectivity index (χ4n) is 2.41. The van der Waals surface area contributed by atoms with Gasteiger partial charge < -0.3 is 9.84 Å². The lowest BCUT2D eigenvalue weighted by Gasteiger charge is -2.14. The summed E-state index contributed by atoms with van der Waals surface area (Å²) in [7, 11) is 0. The minimum Gasteiger partial charge on any atom is -0.441 e. The second kappa shape index (κ2) is 7.36. The number of aliphatic imine (C=N–C) groups is 1. The molecule has 1 aliphatic heterocycles. The monoisotopic (exact) mass is 291 g/mol. The van der Waals surface area contributed by atoms with Gasteiger partial charge in [0.25, 0.3) is 0 Å². The predicted molar refractivity (Wildman–Crippen MR) is 81.7 cm³/mol. The zero-order valence-corrected chi connectivity index (χ0v) is 12.4. The number of ether oxygens (including phenoxy) is 1. The summed E-state index contributed by atoms with van der Waals surface area (Å²) < 4.78 is 19.2. The first-order chi connectivity index (χ1) is 10.1. The molecule has 1 N–H and O–H groups in total. The van der Waals surface area contributed by atoms with Crippen LogP contribution in [0.1, 0.15) is 44.6 Å². The lowest BCUT2D eigenvalue weighted by atomic mass is 10.0. The molecule has 1 heterocycles. The molecule has 114 valence electrons. The molecule has 1 aromatic rings. The van der Waals surface area contributed by atoms with Gasteiger partial charge in [0, 0.05) is 0 Å². The first kappa shape index (κ1) is 15.7. The maximum atomic E-state index is 13.7. The number of unbranched alkanes of at least 4 members (excludes halogenated alkanes) is 3. The molecule has 21 heavy (non-hydrogen) atoms. The third kappa shape index (κ3) is 3.91. The van der Waals surface area contributed by atoms with Crippen LogP contribution in [0, 0.1) is 5.82 Å². The minimum absolute atomic E-state index is 0.204. The molecular weight excluding hydrogens is 269 g/mol. The van der Waals surface area contributed by atoms with E-state index >= 15 is 0 Å². The van der Waals surface area contributed by atoms with E-state index in [0.717, 1.165) is 19.3 Å². The number of aliphatic hydroxyl groups excluding tert-OH is 1. The molecule has 0 unspecified atom stereocenters. The molecule has 0 fully saturated rings. The molecule has 2 rings (SSSR count). The summed E-state index contributed by atoms with van der Waals surface area (Å²) in [6, 6.07) is 5.81. The zero-order chi connectivity index (χ0) is 15.2. The summed E-state index contributed by atoms with van der Waals surface area (Å²) in [5, 5.41) is 10.2. The van der Waals surface area contributed by atoms with Crippen molar-refractivity contribution < 1.29 is 14.2 Å². The second-order valence-corrected chi connectivity index (χ2v) is 5.34. The van der Waals surface area contributed by atoms with Gasteiger partial charge in [0.2, 0.25) is 5.90 Å². The number of rotatable bonds is 7. The van der Waals surface area contributed by atoms with Crippen LogP contribution in [-0.2, 0) is 4.74 Å². The van der Waals surface area contributed by atoms with E-state index in [-0.39, 0.29) is 11.7 Å². The molecule has 3 nitrogen and oxygen atoms in total. The van der Waals surface area contributed by atoms with E-state index in [1.54, 1.807) is 18.2 Å². The van der Waals surface area contributed by atoms with Crippen LogP contribution in [-0.4, -0.2) is 23.2 Å². The molecule has 0 bridgehead atoms. The van der Waals surface area contributed by atoms with Gasteiger partial charge in [-0.1, -0.05) is 51.3 Å². The summed E-state index contributed by atoms with van der Waals surface area (Å²) in [5.41, 5.74) is 0.305. The van der Waals surface area contributed by atoms with Crippen LogP contribution in [0.2, 0.25) is 0 Å². The Morgan fingerprint density at radius 1 is 1.33 bits per heavy atom. The SMILES string of the molecule is C=C1OC(c2ccccc2F)=N[C@@H]1[C@H](O)CCCCCC. The highest BCUT2D eigenvalue weighted by Gasteiger charge is 2.31. The van der Waals surface area contributed by atoms with E-state index in [2.05, 4.69) is 18.5 Å². The van der Waals surface area contributed by atoms with Gasteiger partial charge in [-0.25, -0.2) is 9.38 Å². The van der Waals surface area contributed by atoms with Crippen molar-refractivity contribution in [3.05, 3.63) is 48.0 Å².